The van der Waals surface area contributed by atoms with E-state index >= 15 is 0 Å². The highest BCUT2D eigenvalue weighted by Crippen LogP contribution is 2.48. The van der Waals surface area contributed by atoms with Crippen molar-refractivity contribution in [3.8, 4) is 17.2 Å². The Morgan fingerprint density at radius 2 is 1.98 bits per heavy atom. The minimum Gasteiger partial charge on any atom is -0.507 e. The maximum absolute atomic E-state index is 13.8. The number of ether oxygens (including phenoxy) is 2. The molecule has 1 aliphatic heterocycles. The SMILES string of the molecule is COc1cccc2c(O)cc3c(c12)[C@H](CCl)CN3C(=O)c1cc2cc(NC(=O)c3ccc(OCCO)cc3)ncc2[nH]1. The molecule has 3 heterocycles. The quantitative estimate of drug-likeness (QED) is 0.187. The molecule has 1 aliphatic rings. The van der Waals surface area contributed by atoms with Gasteiger partial charge in [-0.15, -0.1) is 11.6 Å². The normalized spacial score (nSPS) is 14.3. The molecule has 0 bridgehead atoms. The fourth-order valence-corrected chi connectivity index (χ4v) is 5.64. The van der Waals surface area contributed by atoms with E-state index in [0.717, 1.165) is 10.9 Å². The van der Waals surface area contributed by atoms with Crippen molar-refractivity contribution in [1.82, 2.24) is 9.97 Å². The molecular formula is C31H27ClN4O6. The Balaban J connectivity index is 1.27. The van der Waals surface area contributed by atoms with Gasteiger partial charge in [0, 0.05) is 46.1 Å². The minimum atomic E-state index is -0.356. The average molecular weight is 587 g/mol. The lowest BCUT2D eigenvalue weighted by Crippen LogP contribution is -2.30. The number of aromatic hydroxyl groups is 1. The molecule has 11 heteroatoms. The highest BCUT2D eigenvalue weighted by molar-refractivity contribution is 6.19. The number of anilines is 2. The molecule has 5 aromatic rings. The number of hydrogen-bond donors (Lipinski definition) is 4. The van der Waals surface area contributed by atoms with E-state index in [1.54, 1.807) is 60.7 Å². The van der Waals surface area contributed by atoms with Crippen molar-refractivity contribution in [3.63, 3.8) is 0 Å². The Labute approximate surface area is 245 Å². The number of methoxy groups -OCH3 is 1. The largest absolute Gasteiger partial charge is 0.507 e. The molecule has 0 unspecified atom stereocenters. The molecule has 0 saturated carbocycles. The summed E-state index contributed by atoms with van der Waals surface area (Å²) in [4.78, 5) is 35.6. The number of aliphatic hydroxyl groups excluding tert-OH is 1. The molecule has 10 nitrogen and oxygen atoms in total. The summed E-state index contributed by atoms with van der Waals surface area (Å²) in [6.45, 7) is 0.410. The summed E-state index contributed by atoms with van der Waals surface area (Å²) in [5.41, 5.74) is 2.80. The summed E-state index contributed by atoms with van der Waals surface area (Å²) in [6, 6.07) is 17.0. The molecule has 0 radical (unpaired) electrons. The summed E-state index contributed by atoms with van der Waals surface area (Å²) in [7, 11) is 1.57. The number of phenols is 1. The van der Waals surface area contributed by atoms with Crippen LogP contribution in [0.2, 0.25) is 0 Å². The number of hydrogen-bond acceptors (Lipinski definition) is 7. The number of phenolic OH excluding ortho intramolecular Hbond substituents is 1. The number of nitrogens with zero attached hydrogens (tertiary/aromatic N) is 2. The van der Waals surface area contributed by atoms with Gasteiger partial charge >= 0.3 is 0 Å². The summed E-state index contributed by atoms with van der Waals surface area (Å²) in [5.74, 6) is 0.993. The molecule has 2 aromatic heterocycles. The van der Waals surface area contributed by atoms with Crippen molar-refractivity contribution in [3.05, 3.63) is 83.7 Å². The first kappa shape index (κ1) is 27.4. The van der Waals surface area contributed by atoms with Crippen molar-refractivity contribution < 1.29 is 29.3 Å². The van der Waals surface area contributed by atoms with Crippen LogP contribution in [0.4, 0.5) is 11.5 Å². The Morgan fingerprint density at radius 3 is 2.71 bits per heavy atom. The molecule has 6 rings (SSSR count). The van der Waals surface area contributed by atoms with Crippen LogP contribution in [0.25, 0.3) is 21.7 Å². The number of carbonyl (C=O) groups excluding carboxylic acids is 2. The van der Waals surface area contributed by atoms with Crippen molar-refractivity contribution in [2.45, 2.75) is 5.92 Å². The standard InChI is InChI=1S/C31H27ClN4O6/c1-41-26-4-2-3-21-25(38)13-24-28(29(21)26)19(14-32)16-36(24)31(40)22-11-18-12-27(33-15-23(18)34-22)35-30(39)17-5-7-20(8-6-17)42-10-9-37/h2-8,11-13,15,19,34,37-38H,9-10,14,16H2,1H3,(H,33,35,39)/t19-/m1/s1. The summed E-state index contributed by atoms with van der Waals surface area (Å²) in [5, 5.41) is 24.6. The second-order valence-electron chi connectivity index (χ2n) is 9.87. The van der Waals surface area contributed by atoms with E-state index in [0.29, 0.717) is 57.1 Å². The predicted octanol–water partition coefficient (Wildman–Crippen LogP) is 5.04. The van der Waals surface area contributed by atoms with Gasteiger partial charge in [0.2, 0.25) is 0 Å². The van der Waals surface area contributed by atoms with Crippen molar-refractivity contribution >= 4 is 56.6 Å². The fraction of sp³-hybridized carbons (Fsp3) is 0.194. The number of carbonyl (C=O) groups is 2. The van der Waals surface area contributed by atoms with Crippen LogP contribution in [0.1, 0.15) is 32.3 Å². The third kappa shape index (κ3) is 4.84. The molecule has 214 valence electrons. The van der Waals surface area contributed by atoms with Crippen LogP contribution in [-0.4, -0.2) is 64.7 Å². The molecule has 0 spiro atoms. The van der Waals surface area contributed by atoms with E-state index in [9.17, 15) is 14.7 Å². The molecule has 3 aromatic carbocycles. The summed E-state index contributed by atoms with van der Waals surface area (Å²) < 4.78 is 10.9. The van der Waals surface area contributed by atoms with Crippen LogP contribution in [-0.2, 0) is 0 Å². The number of halogens is 1. The van der Waals surface area contributed by atoms with Crippen molar-refractivity contribution in [2.75, 3.05) is 43.0 Å². The molecule has 1 atom stereocenters. The number of aliphatic hydroxyl groups is 1. The van der Waals surface area contributed by atoms with Gasteiger partial charge in [-0.3, -0.25) is 9.59 Å². The highest BCUT2D eigenvalue weighted by Gasteiger charge is 2.36. The van der Waals surface area contributed by atoms with Gasteiger partial charge in [-0.2, -0.15) is 0 Å². The van der Waals surface area contributed by atoms with Crippen LogP contribution < -0.4 is 19.7 Å². The number of amides is 2. The number of fused-ring (bicyclic) bond motifs is 4. The lowest BCUT2D eigenvalue weighted by atomic mass is 9.94. The van der Waals surface area contributed by atoms with E-state index in [4.69, 9.17) is 26.2 Å². The number of aromatic nitrogens is 2. The Morgan fingerprint density at radius 1 is 1.17 bits per heavy atom. The predicted molar refractivity (Wildman–Crippen MR) is 160 cm³/mol. The molecule has 4 N–H and O–H groups in total. The molecule has 2 amide bonds. The van der Waals surface area contributed by atoms with Crippen LogP contribution in [0, 0.1) is 0 Å². The third-order valence-corrected chi connectivity index (χ3v) is 7.70. The monoisotopic (exact) mass is 586 g/mol. The number of pyridine rings is 1. The van der Waals surface area contributed by atoms with Gasteiger partial charge in [-0.25, -0.2) is 4.98 Å². The first-order valence-corrected chi connectivity index (χ1v) is 13.8. The third-order valence-electron chi connectivity index (χ3n) is 7.33. The molecule has 0 aliphatic carbocycles. The van der Waals surface area contributed by atoms with E-state index in [1.165, 1.54) is 0 Å². The number of aromatic amines is 1. The number of rotatable bonds is 8. The maximum Gasteiger partial charge on any atom is 0.274 e. The highest BCUT2D eigenvalue weighted by atomic mass is 35.5. The smallest absolute Gasteiger partial charge is 0.274 e. The van der Waals surface area contributed by atoms with Gasteiger partial charge in [0.15, 0.2) is 0 Å². The molecular weight excluding hydrogens is 560 g/mol. The molecule has 0 saturated heterocycles. The van der Waals surface area contributed by atoms with Gasteiger partial charge in [-0.05, 0) is 48.0 Å². The van der Waals surface area contributed by atoms with Crippen LogP contribution in [0.5, 0.6) is 17.2 Å². The number of H-pyrrole nitrogens is 1. The van der Waals surface area contributed by atoms with Gasteiger partial charge in [-0.1, -0.05) is 12.1 Å². The topological polar surface area (TPSA) is 137 Å². The van der Waals surface area contributed by atoms with E-state index in [-0.39, 0.29) is 42.6 Å². The second-order valence-corrected chi connectivity index (χ2v) is 10.2. The zero-order chi connectivity index (χ0) is 29.4. The maximum atomic E-state index is 13.8. The number of nitrogens with one attached hydrogen (secondary N) is 2. The first-order valence-electron chi connectivity index (χ1n) is 13.3. The summed E-state index contributed by atoms with van der Waals surface area (Å²) in [6.07, 6.45) is 1.55. The van der Waals surface area contributed by atoms with Crippen LogP contribution in [0.3, 0.4) is 0 Å². The van der Waals surface area contributed by atoms with Crippen LogP contribution in [0.15, 0.2) is 66.9 Å². The number of alkyl halides is 1. The fourth-order valence-electron chi connectivity index (χ4n) is 5.39. The molecule has 0 fully saturated rings. The Kier molecular flexibility index (Phi) is 7.32. The zero-order valence-electron chi connectivity index (χ0n) is 22.6. The van der Waals surface area contributed by atoms with Crippen molar-refractivity contribution in [2.24, 2.45) is 0 Å². The van der Waals surface area contributed by atoms with E-state index in [2.05, 4.69) is 15.3 Å². The van der Waals surface area contributed by atoms with Crippen molar-refractivity contribution in [1.29, 1.82) is 0 Å². The Bertz CT molecular complexity index is 1820. The second kappa shape index (κ2) is 11.2. The van der Waals surface area contributed by atoms with Gasteiger partial charge < -0.3 is 34.9 Å². The van der Waals surface area contributed by atoms with E-state index in [1.807, 2.05) is 18.2 Å². The lowest BCUT2D eigenvalue weighted by molar-refractivity contribution is 0.0983. The van der Waals surface area contributed by atoms with Gasteiger partial charge in [0.1, 0.15) is 35.4 Å². The minimum absolute atomic E-state index is 0.0456. The lowest BCUT2D eigenvalue weighted by Gasteiger charge is -2.18. The zero-order valence-corrected chi connectivity index (χ0v) is 23.3. The Hall–Kier alpha value is -4.80. The number of benzene rings is 3. The van der Waals surface area contributed by atoms with Gasteiger partial charge in [0.25, 0.3) is 11.8 Å². The van der Waals surface area contributed by atoms with Gasteiger partial charge in [0.05, 0.1) is 31.1 Å². The van der Waals surface area contributed by atoms with Crippen LogP contribution >= 0.6 is 11.6 Å². The average Bonchev–Trinajstić information content (AvgIpc) is 3.61. The summed E-state index contributed by atoms with van der Waals surface area (Å²) >= 11 is 6.38. The van der Waals surface area contributed by atoms with E-state index < -0.39 is 0 Å². The first-order chi connectivity index (χ1) is 20.4. The molecule has 42 heavy (non-hydrogen) atoms.